The van der Waals surface area contributed by atoms with Gasteiger partial charge in [-0.1, -0.05) is 13.8 Å². The summed E-state index contributed by atoms with van der Waals surface area (Å²) in [6.45, 7) is 15.3. The van der Waals surface area contributed by atoms with Crippen LogP contribution in [0.2, 0.25) is 0 Å². The van der Waals surface area contributed by atoms with Crippen LogP contribution in [0, 0.1) is 0 Å². The van der Waals surface area contributed by atoms with Crippen molar-refractivity contribution in [3.05, 3.63) is 18.2 Å². The zero-order valence-corrected chi connectivity index (χ0v) is 12.5. The summed E-state index contributed by atoms with van der Waals surface area (Å²) in [7, 11) is 0. The minimum atomic E-state index is 0.474. The number of nitrogens with zero attached hydrogens (tertiary/aromatic N) is 3. The third-order valence-corrected chi connectivity index (χ3v) is 3.36. The lowest BCUT2D eigenvalue weighted by molar-refractivity contribution is 0.270. The summed E-state index contributed by atoms with van der Waals surface area (Å²) in [4.78, 5) is 6.67. The third-order valence-electron chi connectivity index (χ3n) is 3.36. The summed E-state index contributed by atoms with van der Waals surface area (Å²) in [6.07, 6.45) is 3.87. The molecule has 0 aliphatic heterocycles. The smallest absolute Gasteiger partial charge is 0.0951 e. The Morgan fingerprint density at radius 2 is 1.94 bits per heavy atom. The normalized spacial score (nSPS) is 13.5. The maximum atomic E-state index is 4.23. The van der Waals surface area contributed by atoms with Gasteiger partial charge < -0.3 is 14.8 Å². The fourth-order valence-corrected chi connectivity index (χ4v) is 2.15. The van der Waals surface area contributed by atoms with Gasteiger partial charge in [0.05, 0.1) is 12.0 Å². The van der Waals surface area contributed by atoms with E-state index in [0.717, 1.165) is 26.2 Å². The van der Waals surface area contributed by atoms with E-state index in [1.54, 1.807) is 0 Å². The van der Waals surface area contributed by atoms with Crippen molar-refractivity contribution in [1.29, 1.82) is 0 Å². The standard InChI is InChI=1S/C14H28N4/c1-6-17(7-2)10-13(5)16-9-14-8-15-11-18(14)12(3)4/h8,11-13,16H,6-7,9-10H2,1-5H3. The zero-order chi connectivity index (χ0) is 13.5. The molecule has 0 radical (unpaired) electrons. The minimum absolute atomic E-state index is 0.474. The van der Waals surface area contributed by atoms with E-state index < -0.39 is 0 Å². The molecule has 0 aromatic carbocycles. The topological polar surface area (TPSA) is 33.1 Å². The highest BCUT2D eigenvalue weighted by atomic mass is 15.1. The van der Waals surface area contributed by atoms with Crippen LogP contribution < -0.4 is 5.32 Å². The van der Waals surface area contributed by atoms with Crippen molar-refractivity contribution < 1.29 is 0 Å². The average Bonchev–Trinajstić information content (AvgIpc) is 2.81. The van der Waals surface area contributed by atoms with Gasteiger partial charge >= 0.3 is 0 Å². The monoisotopic (exact) mass is 252 g/mol. The molecule has 1 unspecified atom stereocenters. The number of rotatable bonds is 8. The quantitative estimate of drug-likeness (QED) is 0.770. The molecule has 0 aliphatic carbocycles. The number of imidazole rings is 1. The van der Waals surface area contributed by atoms with Gasteiger partial charge in [0, 0.05) is 31.4 Å². The number of aromatic nitrogens is 2. The molecule has 0 spiro atoms. The lowest BCUT2D eigenvalue weighted by atomic mass is 10.3. The Hall–Kier alpha value is -0.870. The van der Waals surface area contributed by atoms with E-state index in [4.69, 9.17) is 0 Å². The molecule has 104 valence electrons. The summed E-state index contributed by atoms with van der Waals surface area (Å²) in [5.74, 6) is 0. The van der Waals surface area contributed by atoms with E-state index in [9.17, 15) is 0 Å². The number of nitrogens with one attached hydrogen (secondary N) is 1. The van der Waals surface area contributed by atoms with E-state index in [1.165, 1.54) is 5.69 Å². The molecular formula is C14H28N4. The molecule has 0 fully saturated rings. The molecule has 4 nitrogen and oxygen atoms in total. The molecule has 1 aromatic rings. The highest BCUT2D eigenvalue weighted by Crippen LogP contribution is 2.08. The molecule has 1 rings (SSSR count). The van der Waals surface area contributed by atoms with Crippen molar-refractivity contribution in [3.8, 4) is 0 Å². The van der Waals surface area contributed by atoms with Crippen molar-refractivity contribution >= 4 is 0 Å². The number of hydrogen-bond donors (Lipinski definition) is 1. The van der Waals surface area contributed by atoms with Crippen LogP contribution in [0.15, 0.2) is 12.5 Å². The molecule has 1 aromatic heterocycles. The van der Waals surface area contributed by atoms with Crippen molar-refractivity contribution in [2.24, 2.45) is 0 Å². The van der Waals surface area contributed by atoms with Crippen LogP contribution in [0.5, 0.6) is 0 Å². The molecule has 0 bridgehead atoms. The van der Waals surface area contributed by atoms with Gasteiger partial charge in [-0.25, -0.2) is 4.98 Å². The Bertz CT molecular complexity index is 328. The highest BCUT2D eigenvalue weighted by Gasteiger charge is 2.09. The predicted molar refractivity (Wildman–Crippen MR) is 76.7 cm³/mol. The molecule has 0 saturated carbocycles. The number of hydrogen-bond acceptors (Lipinski definition) is 3. The molecular weight excluding hydrogens is 224 g/mol. The van der Waals surface area contributed by atoms with Crippen molar-refractivity contribution in [1.82, 2.24) is 19.8 Å². The fourth-order valence-electron chi connectivity index (χ4n) is 2.15. The second-order valence-electron chi connectivity index (χ2n) is 5.15. The second kappa shape index (κ2) is 7.54. The maximum absolute atomic E-state index is 4.23. The van der Waals surface area contributed by atoms with Crippen LogP contribution in [0.3, 0.4) is 0 Å². The van der Waals surface area contributed by atoms with E-state index in [-0.39, 0.29) is 0 Å². The Morgan fingerprint density at radius 3 is 2.50 bits per heavy atom. The summed E-state index contributed by atoms with van der Waals surface area (Å²) in [6, 6.07) is 0.975. The van der Waals surface area contributed by atoms with E-state index in [1.807, 2.05) is 12.5 Å². The van der Waals surface area contributed by atoms with Crippen molar-refractivity contribution in [3.63, 3.8) is 0 Å². The predicted octanol–water partition coefficient (Wildman–Crippen LogP) is 2.28. The van der Waals surface area contributed by atoms with Gasteiger partial charge in [-0.2, -0.15) is 0 Å². The van der Waals surface area contributed by atoms with Crippen LogP contribution >= 0.6 is 0 Å². The van der Waals surface area contributed by atoms with Gasteiger partial charge in [0.2, 0.25) is 0 Å². The van der Waals surface area contributed by atoms with Crippen LogP contribution in [0.4, 0.5) is 0 Å². The molecule has 0 aliphatic rings. The lowest BCUT2D eigenvalue weighted by Gasteiger charge is -2.23. The SMILES string of the molecule is CCN(CC)CC(C)NCc1cncn1C(C)C. The van der Waals surface area contributed by atoms with Crippen LogP contribution in [0.25, 0.3) is 0 Å². The third kappa shape index (κ3) is 4.42. The van der Waals surface area contributed by atoms with Gasteiger partial charge in [-0.3, -0.25) is 0 Å². The first-order chi connectivity index (χ1) is 8.58. The van der Waals surface area contributed by atoms with Crippen molar-refractivity contribution in [2.75, 3.05) is 19.6 Å². The Kier molecular flexibility index (Phi) is 6.36. The first-order valence-electron chi connectivity index (χ1n) is 7.04. The largest absolute Gasteiger partial charge is 0.331 e. The van der Waals surface area contributed by atoms with Gasteiger partial charge in [-0.05, 0) is 33.9 Å². The molecule has 0 saturated heterocycles. The minimum Gasteiger partial charge on any atom is -0.331 e. The van der Waals surface area contributed by atoms with E-state index in [0.29, 0.717) is 12.1 Å². The first kappa shape index (κ1) is 15.2. The van der Waals surface area contributed by atoms with Gasteiger partial charge in [0.15, 0.2) is 0 Å². The fraction of sp³-hybridized carbons (Fsp3) is 0.786. The van der Waals surface area contributed by atoms with Gasteiger partial charge in [0.1, 0.15) is 0 Å². The molecule has 1 atom stereocenters. The zero-order valence-electron chi connectivity index (χ0n) is 12.5. The summed E-state index contributed by atoms with van der Waals surface area (Å²) < 4.78 is 2.22. The second-order valence-corrected chi connectivity index (χ2v) is 5.15. The van der Waals surface area contributed by atoms with Gasteiger partial charge in [0.25, 0.3) is 0 Å². The Labute approximate surface area is 111 Å². The Morgan fingerprint density at radius 1 is 1.28 bits per heavy atom. The molecule has 4 heteroatoms. The van der Waals surface area contributed by atoms with Crippen LogP contribution in [0.1, 0.15) is 46.4 Å². The molecule has 18 heavy (non-hydrogen) atoms. The molecule has 0 amide bonds. The van der Waals surface area contributed by atoms with Gasteiger partial charge in [-0.15, -0.1) is 0 Å². The molecule has 1 N–H and O–H groups in total. The van der Waals surface area contributed by atoms with E-state index >= 15 is 0 Å². The molecule has 1 heterocycles. The summed E-state index contributed by atoms with van der Waals surface area (Å²) >= 11 is 0. The summed E-state index contributed by atoms with van der Waals surface area (Å²) in [5, 5.41) is 3.58. The highest BCUT2D eigenvalue weighted by molar-refractivity contribution is 4.99. The van der Waals surface area contributed by atoms with Crippen LogP contribution in [-0.2, 0) is 6.54 Å². The Balaban J connectivity index is 2.42. The maximum Gasteiger partial charge on any atom is 0.0951 e. The average molecular weight is 252 g/mol. The first-order valence-corrected chi connectivity index (χ1v) is 7.04. The number of likely N-dealkylation sites (N-methyl/N-ethyl adjacent to an activating group) is 1. The summed E-state index contributed by atoms with van der Waals surface area (Å²) in [5.41, 5.74) is 1.26. The van der Waals surface area contributed by atoms with Crippen molar-refractivity contribution in [2.45, 2.75) is 53.2 Å². The van der Waals surface area contributed by atoms with Crippen LogP contribution in [-0.4, -0.2) is 40.1 Å². The van der Waals surface area contributed by atoms with E-state index in [2.05, 4.69) is 54.4 Å². The lowest BCUT2D eigenvalue weighted by Crippen LogP contribution is -2.39.